The van der Waals surface area contributed by atoms with Gasteiger partial charge in [-0.3, -0.25) is 0 Å². The Labute approximate surface area is 156 Å². The second-order valence-electron chi connectivity index (χ2n) is 7.14. The predicted molar refractivity (Wildman–Crippen MR) is 97.6 cm³/mol. The van der Waals surface area contributed by atoms with Gasteiger partial charge in [0.2, 0.25) is 0 Å². The number of phenols is 1. The van der Waals surface area contributed by atoms with Crippen LogP contribution in [0.2, 0.25) is 0 Å². The lowest BCUT2D eigenvalue weighted by Gasteiger charge is -2.28. The Bertz CT molecular complexity index is 916. The Kier molecular flexibility index (Phi) is 3.97. The Balaban J connectivity index is 1.31. The van der Waals surface area contributed by atoms with Crippen LogP contribution in [0.15, 0.2) is 43.1 Å². The zero-order chi connectivity index (χ0) is 18.2. The molecule has 2 aromatic heterocycles. The number of nitrogens with zero attached hydrogens (tertiary/aromatic N) is 5. The van der Waals surface area contributed by atoms with Gasteiger partial charge in [0.1, 0.15) is 11.9 Å². The number of hydrogen-bond donors (Lipinski definition) is 2. The fraction of sp³-hybridized carbons (Fsp3) is 0.368. The number of ether oxygens (including phenoxy) is 1. The molecule has 1 unspecified atom stereocenters. The van der Waals surface area contributed by atoms with Crippen molar-refractivity contribution in [1.82, 2.24) is 30.0 Å². The molecule has 4 heterocycles. The monoisotopic (exact) mass is 364 g/mol. The summed E-state index contributed by atoms with van der Waals surface area (Å²) in [4.78, 5) is 8.34. The van der Waals surface area contributed by atoms with E-state index in [0.717, 1.165) is 18.5 Å². The molecular formula is C19H20N6O2. The largest absolute Gasteiger partial charge is 0.507 e. The van der Waals surface area contributed by atoms with Gasteiger partial charge in [-0.2, -0.15) is 0 Å². The van der Waals surface area contributed by atoms with Gasteiger partial charge < -0.3 is 19.7 Å². The van der Waals surface area contributed by atoms with Crippen LogP contribution in [0.3, 0.4) is 0 Å². The summed E-state index contributed by atoms with van der Waals surface area (Å²) in [6.45, 7) is 0. The third-order valence-electron chi connectivity index (χ3n) is 5.28. The van der Waals surface area contributed by atoms with Crippen LogP contribution >= 0.6 is 0 Å². The van der Waals surface area contributed by atoms with E-state index < -0.39 is 0 Å². The summed E-state index contributed by atoms with van der Waals surface area (Å²) in [6.07, 6.45) is 11.3. The highest BCUT2D eigenvalue weighted by Gasteiger charge is 2.34. The van der Waals surface area contributed by atoms with Crippen LogP contribution in [0.5, 0.6) is 11.6 Å². The normalized spacial score (nSPS) is 24.1. The van der Waals surface area contributed by atoms with Gasteiger partial charge in [0.25, 0.3) is 5.88 Å². The van der Waals surface area contributed by atoms with Crippen molar-refractivity contribution < 1.29 is 9.84 Å². The Morgan fingerprint density at radius 3 is 2.67 bits per heavy atom. The van der Waals surface area contributed by atoms with Gasteiger partial charge in [0.05, 0.1) is 23.8 Å². The highest BCUT2D eigenvalue weighted by Crippen LogP contribution is 2.30. The van der Waals surface area contributed by atoms with Crippen molar-refractivity contribution in [2.45, 2.75) is 43.9 Å². The van der Waals surface area contributed by atoms with Gasteiger partial charge in [-0.15, -0.1) is 10.2 Å². The maximum Gasteiger partial charge on any atom is 0.252 e. The molecule has 3 aromatic rings. The zero-order valence-electron chi connectivity index (χ0n) is 14.7. The number of phenolic OH excluding ortho intramolecular Hbond substituents is 1. The Morgan fingerprint density at radius 2 is 2.00 bits per heavy atom. The van der Waals surface area contributed by atoms with E-state index in [1.807, 2.05) is 16.8 Å². The summed E-state index contributed by atoms with van der Waals surface area (Å²) in [7, 11) is 0. The van der Waals surface area contributed by atoms with Crippen molar-refractivity contribution in [2.75, 3.05) is 0 Å². The standard InChI is InChI=1S/C19H20N6O2/c26-17-9-14(25-6-5-20-11-25)3-4-16(17)19-21-10-18(23-24-19)27-15-7-12-1-2-13(8-15)22-12/h3-6,9-13,15,22,26H,1-2,7-8H2/t12-,13+,15?. The molecule has 2 aliphatic rings. The molecule has 5 rings (SSSR count). The molecule has 0 aliphatic carbocycles. The Morgan fingerprint density at radius 1 is 1.15 bits per heavy atom. The lowest BCUT2D eigenvalue weighted by molar-refractivity contribution is 0.130. The minimum absolute atomic E-state index is 0.0894. The van der Waals surface area contributed by atoms with Crippen molar-refractivity contribution in [3.8, 4) is 28.7 Å². The molecule has 27 heavy (non-hydrogen) atoms. The number of benzene rings is 1. The number of hydrogen-bond acceptors (Lipinski definition) is 7. The average molecular weight is 364 g/mol. The molecule has 1 aromatic carbocycles. The molecule has 0 amide bonds. The fourth-order valence-electron chi connectivity index (χ4n) is 4.00. The summed E-state index contributed by atoms with van der Waals surface area (Å²) >= 11 is 0. The first-order valence-corrected chi connectivity index (χ1v) is 9.19. The molecule has 2 bridgehead atoms. The second kappa shape index (κ2) is 6.62. The number of fused-ring (bicyclic) bond motifs is 2. The van der Waals surface area contributed by atoms with Crippen molar-refractivity contribution in [1.29, 1.82) is 0 Å². The van der Waals surface area contributed by atoms with E-state index in [0.29, 0.717) is 29.4 Å². The highest BCUT2D eigenvalue weighted by atomic mass is 16.5. The molecule has 3 atom stereocenters. The van der Waals surface area contributed by atoms with Gasteiger partial charge in [-0.25, -0.2) is 9.97 Å². The van der Waals surface area contributed by atoms with Crippen LogP contribution in [0, 0.1) is 0 Å². The smallest absolute Gasteiger partial charge is 0.252 e. The number of imidazole rings is 1. The Hall–Kier alpha value is -3.00. The molecule has 2 fully saturated rings. The maximum absolute atomic E-state index is 10.4. The van der Waals surface area contributed by atoms with E-state index in [-0.39, 0.29) is 11.9 Å². The van der Waals surface area contributed by atoms with Crippen LogP contribution in [0.25, 0.3) is 17.1 Å². The fourth-order valence-corrected chi connectivity index (χ4v) is 4.00. The minimum atomic E-state index is 0.0894. The van der Waals surface area contributed by atoms with E-state index in [9.17, 15) is 5.11 Å². The quantitative estimate of drug-likeness (QED) is 0.731. The summed E-state index contributed by atoms with van der Waals surface area (Å²) < 4.78 is 7.79. The topological polar surface area (TPSA) is 98.0 Å². The summed E-state index contributed by atoms with van der Waals surface area (Å²) in [5, 5.41) is 22.2. The predicted octanol–water partition coefficient (Wildman–Crippen LogP) is 2.09. The van der Waals surface area contributed by atoms with Crippen molar-refractivity contribution in [3.63, 3.8) is 0 Å². The molecule has 0 radical (unpaired) electrons. The summed E-state index contributed by atoms with van der Waals surface area (Å²) in [6, 6.07) is 6.40. The van der Waals surface area contributed by atoms with Crippen LogP contribution in [0.4, 0.5) is 0 Å². The first-order valence-electron chi connectivity index (χ1n) is 9.19. The third-order valence-corrected chi connectivity index (χ3v) is 5.28. The lowest BCUT2D eigenvalue weighted by atomic mass is 10.0. The molecule has 2 N–H and O–H groups in total. The van der Waals surface area contributed by atoms with Crippen molar-refractivity contribution >= 4 is 0 Å². The zero-order valence-corrected chi connectivity index (χ0v) is 14.7. The van der Waals surface area contributed by atoms with Crippen LogP contribution in [0.1, 0.15) is 25.7 Å². The summed E-state index contributed by atoms with van der Waals surface area (Å²) in [5.41, 5.74) is 1.33. The van der Waals surface area contributed by atoms with E-state index in [1.165, 1.54) is 12.8 Å². The first kappa shape index (κ1) is 16.2. The number of aromatic nitrogens is 5. The van der Waals surface area contributed by atoms with Gasteiger partial charge in [-0.1, -0.05) is 0 Å². The van der Waals surface area contributed by atoms with Crippen LogP contribution in [-0.2, 0) is 0 Å². The van der Waals surface area contributed by atoms with Gasteiger partial charge in [-0.05, 0) is 37.8 Å². The first-order chi connectivity index (χ1) is 13.2. The van der Waals surface area contributed by atoms with Gasteiger partial charge in [0, 0.05) is 30.5 Å². The van der Waals surface area contributed by atoms with E-state index in [1.54, 1.807) is 30.9 Å². The maximum atomic E-state index is 10.4. The molecule has 8 nitrogen and oxygen atoms in total. The van der Waals surface area contributed by atoms with Crippen LogP contribution in [-0.4, -0.2) is 48.0 Å². The van der Waals surface area contributed by atoms with E-state index >= 15 is 0 Å². The average Bonchev–Trinajstić information content (AvgIpc) is 3.32. The third kappa shape index (κ3) is 3.23. The van der Waals surface area contributed by atoms with Crippen molar-refractivity contribution in [2.24, 2.45) is 0 Å². The summed E-state index contributed by atoms with van der Waals surface area (Å²) in [5.74, 6) is 0.883. The SMILES string of the molecule is Oc1cc(-n2ccnc2)ccc1-c1ncc(OC2C[C@H]3CC[C@@H](C2)N3)nn1. The van der Waals surface area contributed by atoms with E-state index in [2.05, 4.69) is 25.5 Å². The van der Waals surface area contributed by atoms with Gasteiger partial charge >= 0.3 is 0 Å². The molecule has 8 heteroatoms. The second-order valence-corrected chi connectivity index (χ2v) is 7.14. The number of piperidine rings is 1. The number of nitrogens with one attached hydrogen (secondary N) is 1. The molecule has 138 valence electrons. The van der Waals surface area contributed by atoms with Crippen molar-refractivity contribution in [3.05, 3.63) is 43.1 Å². The van der Waals surface area contributed by atoms with E-state index in [4.69, 9.17) is 4.74 Å². The highest BCUT2D eigenvalue weighted by molar-refractivity contribution is 5.65. The number of aromatic hydroxyl groups is 1. The molecule has 2 saturated heterocycles. The van der Waals surface area contributed by atoms with Gasteiger partial charge in [0.15, 0.2) is 5.82 Å². The molecule has 0 saturated carbocycles. The minimum Gasteiger partial charge on any atom is -0.507 e. The molecular weight excluding hydrogens is 344 g/mol. The number of rotatable bonds is 4. The van der Waals surface area contributed by atoms with Crippen LogP contribution < -0.4 is 10.1 Å². The lowest BCUT2D eigenvalue weighted by Crippen LogP contribution is -2.42. The molecule has 2 aliphatic heterocycles. The molecule has 0 spiro atoms.